The third-order valence-corrected chi connectivity index (χ3v) is 4.36. The summed E-state index contributed by atoms with van der Waals surface area (Å²) in [5.74, 6) is 1.29. The summed E-state index contributed by atoms with van der Waals surface area (Å²) in [4.78, 5) is 12.0. The van der Waals surface area contributed by atoms with Crippen molar-refractivity contribution in [3.63, 3.8) is 0 Å². The summed E-state index contributed by atoms with van der Waals surface area (Å²) in [6, 6.07) is 14.9. The molecule has 154 valence electrons. The lowest BCUT2D eigenvalue weighted by Crippen LogP contribution is -2.32. The topological polar surface area (TPSA) is 59.6 Å². The molecule has 0 heterocycles. The average Bonchev–Trinajstić information content (AvgIpc) is 2.73. The summed E-state index contributed by atoms with van der Waals surface area (Å²) in [7, 11) is 1.61. The second-order valence-electron chi connectivity index (χ2n) is 6.48. The zero-order chi connectivity index (χ0) is 20.9. The second kappa shape index (κ2) is 12.6. The SMILES string of the molecule is CCCCCCOc1ccc(NC(=S)NC(=O)/C=C/c2ccc(OC)cc2)cc1. The summed E-state index contributed by atoms with van der Waals surface area (Å²) in [6.07, 6.45) is 7.86. The lowest BCUT2D eigenvalue weighted by Gasteiger charge is -2.10. The Morgan fingerprint density at radius 3 is 2.34 bits per heavy atom. The number of ether oxygens (including phenoxy) is 2. The Morgan fingerprint density at radius 2 is 1.69 bits per heavy atom. The highest BCUT2D eigenvalue weighted by Gasteiger charge is 2.02. The molecule has 29 heavy (non-hydrogen) atoms. The van der Waals surface area contributed by atoms with Crippen LogP contribution in [0.3, 0.4) is 0 Å². The summed E-state index contributed by atoms with van der Waals surface area (Å²) >= 11 is 5.19. The van der Waals surface area contributed by atoms with Gasteiger partial charge in [0.05, 0.1) is 13.7 Å². The number of unbranched alkanes of at least 4 members (excludes halogenated alkanes) is 3. The maximum absolute atomic E-state index is 12.0. The highest BCUT2D eigenvalue weighted by molar-refractivity contribution is 7.80. The third kappa shape index (κ3) is 8.79. The number of carbonyl (C=O) groups excluding carboxylic acids is 1. The number of rotatable bonds is 10. The maximum atomic E-state index is 12.0. The largest absolute Gasteiger partial charge is 0.497 e. The number of benzene rings is 2. The maximum Gasteiger partial charge on any atom is 0.250 e. The Labute approximate surface area is 178 Å². The highest BCUT2D eigenvalue weighted by atomic mass is 32.1. The monoisotopic (exact) mass is 412 g/mol. The fourth-order valence-corrected chi connectivity index (χ4v) is 2.77. The summed E-state index contributed by atoms with van der Waals surface area (Å²) in [5.41, 5.74) is 1.68. The fourth-order valence-electron chi connectivity index (χ4n) is 2.56. The molecule has 2 N–H and O–H groups in total. The quantitative estimate of drug-likeness (QED) is 0.320. The number of hydrogen-bond acceptors (Lipinski definition) is 4. The number of carbonyl (C=O) groups is 1. The van der Waals surface area contributed by atoms with Crippen molar-refractivity contribution >= 4 is 35.0 Å². The van der Waals surface area contributed by atoms with Gasteiger partial charge in [0.1, 0.15) is 11.5 Å². The van der Waals surface area contributed by atoms with Crippen molar-refractivity contribution in [2.24, 2.45) is 0 Å². The van der Waals surface area contributed by atoms with Crippen molar-refractivity contribution in [1.82, 2.24) is 5.32 Å². The molecule has 0 aliphatic heterocycles. The van der Waals surface area contributed by atoms with Gasteiger partial charge in [-0.3, -0.25) is 10.1 Å². The number of anilines is 1. The number of methoxy groups -OCH3 is 1. The van der Waals surface area contributed by atoms with E-state index in [1.165, 1.54) is 25.3 Å². The van der Waals surface area contributed by atoms with Gasteiger partial charge in [-0.1, -0.05) is 38.3 Å². The molecule has 0 saturated heterocycles. The first-order chi connectivity index (χ1) is 14.1. The zero-order valence-electron chi connectivity index (χ0n) is 16.9. The molecule has 0 spiro atoms. The molecule has 0 aliphatic carbocycles. The van der Waals surface area contributed by atoms with Crippen LogP contribution in [0.4, 0.5) is 5.69 Å². The minimum atomic E-state index is -0.301. The molecule has 0 atom stereocenters. The lowest BCUT2D eigenvalue weighted by atomic mass is 10.2. The molecule has 5 nitrogen and oxygen atoms in total. The van der Waals surface area contributed by atoms with Gasteiger partial charge in [-0.2, -0.15) is 0 Å². The summed E-state index contributed by atoms with van der Waals surface area (Å²) in [5, 5.41) is 5.86. The van der Waals surface area contributed by atoms with Crippen LogP contribution in [-0.4, -0.2) is 24.7 Å². The van der Waals surface area contributed by atoms with E-state index in [0.717, 1.165) is 35.8 Å². The zero-order valence-corrected chi connectivity index (χ0v) is 17.8. The normalized spacial score (nSPS) is 10.6. The second-order valence-corrected chi connectivity index (χ2v) is 6.89. The van der Waals surface area contributed by atoms with Crippen LogP contribution >= 0.6 is 12.2 Å². The van der Waals surface area contributed by atoms with Crippen molar-refractivity contribution in [2.75, 3.05) is 19.0 Å². The van der Waals surface area contributed by atoms with Crippen molar-refractivity contribution in [2.45, 2.75) is 32.6 Å². The highest BCUT2D eigenvalue weighted by Crippen LogP contribution is 2.16. The van der Waals surface area contributed by atoms with Crippen LogP contribution in [0.1, 0.15) is 38.2 Å². The van der Waals surface area contributed by atoms with Gasteiger partial charge in [0, 0.05) is 11.8 Å². The number of hydrogen-bond donors (Lipinski definition) is 2. The van der Waals surface area contributed by atoms with Crippen LogP contribution in [0.25, 0.3) is 6.08 Å². The molecule has 2 aromatic rings. The van der Waals surface area contributed by atoms with E-state index in [2.05, 4.69) is 17.6 Å². The van der Waals surface area contributed by atoms with Crippen LogP contribution in [0, 0.1) is 0 Å². The first kappa shape index (κ1) is 22.4. The van der Waals surface area contributed by atoms with E-state index >= 15 is 0 Å². The van der Waals surface area contributed by atoms with Gasteiger partial charge in [-0.05, 0) is 66.7 Å². The molecule has 0 aromatic heterocycles. The van der Waals surface area contributed by atoms with Crippen molar-refractivity contribution < 1.29 is 14.3 Å². The standard InChI is InChI=1S/C23H28N2O3S/c1-3-4-5-6-17-28-21-14-10-19(11-15-21)24-23(29)25-22(26)16-9-18-7-12-20(27-2)13-8-18/h7-16H,3-6,17H2,1-2H3,(H2,24,25,26,29)/b16-9+. The molecule has 0 bridgehead atoms. The Kier molecular flexibility index (Phi) is 9.72. The Morgan fingerprint density at radius 1 is 1.00 bits per heavy atom. The van der Waals surface area contributed by atoms with E-state index < -0.39 is 0 Å². The van der Waals surface area contributed by atoms with Gasteiger partial charge in [0.25, 0.3) is 0 Å². The average molecular weight is 413 g/mol. The van der Waals surface area contributed by atoms with Crippen LogP contribution in [0.2, 0.25) is 0 Å². The predicted octanol–water partition coefficient (Wildman–Crippen LogP) is 5.18. The van der Waals surface area contributed by atoms with E-state index in [-0.39, 0.29) is 11.0 Å². The summed E-state index contributed by atoms with van der Waals surface area (Å²) in [6.45, 7) is 2.92. The van der Waals surface area contributed by atoms with Crippen LogP contribution < -0.4 is 20.1 Å². The number of amides is 1. The van der Waals surface area contributed by atoms with Gasteiger partial charge in [0.2, 0.25) is 5.91 Å². The van der Waals surface area contributed by atoms with Crippen LogP contribution in [-0.2, 0) is 4.79 Å². The molecule has 0 aliphatic rings. The first-order valence-corrected chi connectivity index (χ1v) is 10.2. The molecule has 2 rings (SSSR count). The lowest BCUT2D eigenvalue weighted by molar-refractivity contribution is -0.115. The molecule has 0 unspecified atom stereocenters. The molecule has 2 aromatic carbocycles. The smallest absolute Gasteiger partial charge is 0.250 e. The van der Waals surface area contributed by atoms with E-state index in [9.17, 15) is 4.79 Å². The van der Waals surface area contributed by atoms with E-state index in [1.54, 1.807) is 13.2 Å². The summed E-state index contributed by atoms with van der Waals surface area (Å²) < 4.78 is 10.8. The fraction of sp³-hybridized carbons (Fsp3) is 0.304. The van der Waals surface area contributed by atoms with Gasteiger partial charge >= 0.3 is 0 Å². The molecule has 0 radical (unpaired) electrons. The van der Waals surface area contributed by atoms with E-state index in [4.69, 9.17) is 21.7 Å². The van der Waals surface area contributed by atoms with Crippen molar-refractivity contribution in [3.05, 3.63) is 60.2 Å². The predicted molar refractivity (Wildman–Crippen MR) is 122 cm³/mol. The molecular formula is C23H28N2O3S. The van der Waals surface area contributed by atoms with E-state index in [0.29, 0.717) is 0 Å². The Bertz CT molecular complexity index is 802. The molecule has 6 heteroatoms. The molecule has 1 amide bonds. The molecule has 0 saturated carbocycles. The minimum Gasteiger partial charge on any atom is -0.497 e. The Hall–Kier alpha value is -2.86. The molecular weight excluding hydrogens is 384 g/mol. The number of thiocarbonyl (C=S) groups is 1. The van der Waals surface area contributed by atoms with Gasteiger partial charge < -0.3 is 14.8 Å². The van der Waals surface area contributed by atoms with Crippen LogP contribution in [0.15, 0.2) is 54.6 Å². The minimum absolute atomic E-state index is 0.239. The molecule has 0 fully saturated rings. The van der Waals surface area contributed by atoms with Crippen molar-refractivity contribution in [1.29, 1.82) is 0 Å². The van der Waals surface area contributed by atoms with Gasteiger partial charge in [-0.15, -0.1) is 0 Å². The van der Waals surface area contributed by atoms with Gasteiger partial charge in [-0.25, -0.2) is 0 Å². The number of nitrogens with one attached hydrogen (secondary N) is 2. The van der Waals surface area contributed by atoms with Crippen molar-refractivity contribution in [3.8, 4) is 11.5 Å². The Balaban J connectivity index is 1.74. The van der Waals surface area contributed by atoms with Crippen LogP contribution in [0.5, 0.6) is 11.5 Å². The third-order valence-electron chi connectivity index (χ3n) is 4.16. The van der Waals surface area contributed by atoms with Gasteiger partial charge in [0.15, 0.2) is 5.11 Å². The van der Waals surface area contributed by atoms with E-state index in [1.807, 2.05) is 48.5 Å². The first-order valence-electron chi connectivity index (χ1n) is 9.77.